The molecule has 1 nitrogen and oxygen atoms in total. The Hall–Kier alpha value is -6.44. The molecule has 230 valence electrons. The summed E-state index contributed by atoms with van der Waals surface area (Å²) in [5.41, 5.74) is 11.8. The highest BCUT2D eigenvalue weighted by Gasteiger charge is 2.16. The van der Waals surface area contributed by atoms with Crippen LogP contribution in [-0.2, 0) is 0 Å². The van der Waals surface area contributed by atoms with E-state index in [-0.39, 0.29) is 0 Å². The van der Waals surface area contributed by atoms with Crippen LogP contribution in [0.15, 0.2) is 194 Å². The molecule has 9 rings (SSSR count). The van der Waals surface area contributed by atoms with Gasteiger partial charge in [0, 0.05) is 16.9 Å². The van der Waals surface area contributed by atoms with E-state index in [4.69, 9.17) is 0 Å². The van der Waals surface area contributed by atoms with Gasteiger partial charge in [-0.2, -0.15) is 0 Å². The summed E-state index contributed by atoms with van der Waals surface area (Å²) in [6.07, 6.45) is 0. The van der Waals surface area contributed by atoms with E-state index in [1.807, 2.05) is 0 Å². The number of para-hydroxylation sites is 1. The fourth-order valence-corrected chi connectivity index (χ4v) is 7.39. The minimum atomic E-state index is 1.05. The first-order valence-corrected chi connectivity index (χ1v) is 16.9. The molecule has 0 amide bonds. The van der Waals surface area contributed by atoms with Crippen molar-refractivity contribution >= 4 is 43.7 Å². The van der Waals surface area contributed by atoms with E-state index >= 15 is 0 Å². The van der Waals surface area contributed by atoms with Crippen LogP contribution in [-0.4, -0.2) is 0 Å². The molecule has 0 fully saturated rings. The number of fused-ring (bicyclic) bond motifs is 4. The summed E-state index contributed by atoms with van der Waals surface area (Å²) in [7, 11) is 0. The monoisotopic (exact) mass is 623 g/mol. The molecular formula is C48H33N. The summed E-state index contributed by atoms with van der Waals surface area (Å²) >= 11 is 0. The number of anilines is 2. The second-order valence-corrected chi connectivity index (χ2v) is 12.6. The highest BCUT2D eigenvalue weighted by Crippen LogP contribution is 2.43. The van der Waals surface area contributed by atoms with Crippen LogP contribution in [0.5, 0.6) is 0 Å². The van der Waals surface area contributed by atoms with Gasteiger partial charge in [0.15, 0.2) is 0 Å². The Bertz CT molecular complexity index is 2630. The standard InChI is InChI=1S/C48H33N/c1-2-15-33(16-3-1)39-30-29-36(32-47(39)41-27-14-19-34-17-4-6-20-37(34)41)49-48-28-13-12-26-45(48)42-23-9-11-25-44(42)46-31-35-18-5-7-21-38(35)40-22-8-10-24-43(40)46/h1-32,49H. The predicted octanol–water partition coefficient (Wildman–Crippen LogP) is 13.6. The first kappa shape index (κ1) is 28.8. The minimum absolute atomic E-state index is 1.05. The van der Waals surface area contributed by atoms with Crippen molar-refractivity contribution in [3.05, 3.63) is 194 Å². The molecule has 0 spiro atoms. The van der Waals surface area contributed by atoms with E-state index in [9.17, 15) is 0 Å². The average Bonchev–Trinajstić information content (AvgIpc) is 3.18. The van der Waals surface area contributed by atoms with Crippen LogP contribution in [0.25, 0.3) is 76.8 Å². The lowest BCUT2D eigenvalue weighted by atomic mass is 9.88. The van der Waals surface area contributed by atoms with Crippen LogP contribution in [0, 0.1) is 0 Å². The van der Waals surface area contributed by atoms with Crippen LogP contribution >= 0.6 is 0 Å². The molecule has 0 atom stereocenters. The van der Waals surface area contributed by atoms with Crippen molar-refractivity contribution in [1.82, 2.24) is 0 Å². The lowest BCUT2D eigenvalue weighted by molar-refractivity contribution is 1.52. The van der Waals surface area contributed by atoms with E-state index in [2.05, 4.69) is 199 Å². The van der Waals surface area contributed by atoms with Crippen molar-refractivity contribution in [2.24, 2.45) is 0 Å². The summed E-state index contributed by atoms with van der Waals surface area (Å²) in [6.45, 7) is 0. The van der Waals surface area contributed by atoms with Gasteiger partial charge in [-0.05, 0) is 95.5 Å². The Morgan fingerprint density at radius 2 is 0.837 bits per heavy atom. The molecule has 0 saturated heterocycles. The maximum Gasteiger partial charge on any atom is 0.0464 e. The lowest BCUT2D eigenvalue weighted by Gasteiger charge is -2.19. The van der Waals surface area contributed by atoms with Crippen LogP contribution in [0.1, 0.15) is 0 Å². The van der Waals surface area contributed by atoms with Gasteiger partial charge in [-0.25, -0.2) is 0 Å². The summed E-state index contributed by atoms with van der Waals surface area (Å²) < 4.78 is 0. The zero-order valence-corrected chi connectivity index (χ0v) is 27.0. The van der Waals surface area contributed by atoms with Gasteiger partial charge in [0.25, 0.3) is 0 Å². The Morgan fingerprint density at radius 1 is 0.265 bits per heavy atom. The second kappa shape index (κ2) is 12.3. The number of rotatable bonds is 6. The van der Waals surface area contributed by atoms with Crippen molar-refractivity contribution in [3.63, 3.8) is 0 Å². The van der Waals surface area contributed by atoms with Gasteiger partial charge in [0.1, 0.15) is 0 Å². The molecule has 49 heavy (non-hydrogen) atoms. The predicted molar refractivity (Wildman–Crippen MR) is 210 cm³/mol. The summed E-state index contributed by atoms with van der Waals surface area (Å²) in [6, 6.07) is 70.0. The SMILES string of the molecule is c1ccc(-c2ccc(Nc3ccccc3-c3ccccc3-c3cc4ccccc4c4ccccc34)cc2-c2cccc3ccccc23)cc1. The highest BCUT2D eigenvalue weighted by molar-refractivity contribution is 6.15. The molecule has 0 aliphatic rings. The third-order valence-electron chi connectivity index (χ3n) is 9.67. The van der Waals surface area contributed by atoms with Gasteiger partial charge in [-0.3, -0.25) is 0 Å². The van der Waals surface area contributed by atoms with E-state index in [1.165, 1.54) is 71.3 Å². The molecule has 1 N–H and O–H groups in total. The van der Waals surface area contributed by atoms with Crippen LogP contribution in [0.4, 0.5) is 11.4 Å². The van der Waals surface area contributed by atoms with Gasteiger partial charge in [0.2, 0.25) is 0 Å². The molecule has 0 heterocycles. The molecule has 0 radical (unpaired) electrons. The van der Waals surface area contributed by atoms with Gasteiger partial charge < -0.3 is 5.32 Å². The molecule has 0 aromatic heterocycles. The molecular weight excluding hydrogens is 591 g/mol. The average molecular weight is 624 g/mol. The summed E-state index contributed by atoms with van der Waals surface area (Å²) in [5, 5.41) is 11.4. The molecule has 9 aromatic carbocycles. The van der Waals surface area contributed by atoms with E-state index in [0.29, 0.717) is 0 Å². The quantitative estimate of drug-likeness (QED) is 0.182. The topological polar surface area (TPSA) is 12.0 Å². The maximum absolute atomic E-state index is 3.85. The van der Waals surface area contributed by atoms with Crippen LogP contribution in [0.3, 0.4) is 0 Å². The Kier molecular flexibility index (Phi) is 7.22. The Morgan fingerprint density at radius 3 is 1.65 bits per heavy atom. The molecule has 0 aliphatic heterocycles. The summed E-state index contributed by atoms with van der Waals surface area (Å²) in [5.74, 6) is 0. The zero-order valence-electron chi connectivity index (χ0n) is 27.0. The van der Waals surface area contributed by atoms with Crippen molar-refractivity contribution in [1.29, 1.82) is 0 Å². The first-order chi connectivity index (χ1) is 24.3. The fourth-order valence-electron chi connectivity index (χ4n) is 7.39. The number of hydrogen-bond acceptors (Lipinski definition) is 1. The Balaban J connectivity index is 1.19. The van der Waals surface area contributed by atoms with Crippen LogP contribution < -0.4 is 5.32 Å². The van der Waals surface area contributed by atoms with Crippen molar-refractivity contribution in [2.45, 2.75) is 0 Å². The molecule has 0 aliphatic carbocycles. The normalized spacial score (nSPS) is 11.3. The molecule has 0 bridgehead atoms. The molecule has 0 unspecified atom stereocenters. The van der Waals surface area contributed by atoms with Crippen molar-refractivity contribution < 1.29 is 0 Å². The van der Waals surface area contributed by atoms with Crippen molar-refractivity contribution in [2.75, 3.05) is 5.32 Å². The van der Waals surface area contributed by atoms with E-state index in [1.54, 1.807) is 0 Å². The van der Waals surface area contributed by atoms with E-state index in [0.717, 1.165) is 16.9 Å². The number of nitrogens with one attached hydrogen (secondary N) is 1. The Labute approximate surface area is 286 Å². The van der Waals surface area contributed by atoms with Gasteiger partial charge in [-0.1, -0.05) is 170 Å². The largest absolute Gasteiger partial charge is 0.355 e. The maximum atomic E-state index is 3.85. The minimum Gasteiger partial charge on any atom is -0.355 e. The fraction of sp³-hybridized carbons (Fsp3) is 0. The number of hydrogen-bond donors (Lipinski definition) is 1. The highest BCUT2D eigenvalue weighted by atomic mass is 14.9. The smallest absolute Gasteiger partial charge is 0.0464 e. The van der Waals surface area contributed by atoms with Crippen LogP contribution in [0.2, 0.25) is 0 Å². The van der Waals surface area contributed by atoms with Crippen molar-refractivity contribution in [3.8, 4) is 44.5 Å². The molecule has 9 aromatic rings. The number of benzene rings is 9. The second-order valence-electron chi connectivity index (χ2n) is 12.6. The third-order valence-corrected chi connectivity index (χ3v) is 9.67. The summed E-state index contributed by atoms with van der Waals surface area (Å²) in [4.78, 5) is 0. The third kappa shape index (κ3) is 5.23. The first-order valence-electron chi connectivity index (χ1n) is 16.9. The molecule has 0 saturated carbocycles. The van der Waals surface area contributed by atoms with E-state index < -0.39 is 0 Å². The zero-order chi connectivity index (χ0) is 32.6. The van der Waals surface area contributed by atoms with Gasteiger partial charge in [0.05, 0.1) is 0 Å². The molecule has 1 heteroatoms. The van der Waals surface area contributed by atoms with Gasteiger partial charge in [-0.15, -0.1) is 0 Å². The lowest BCUT2D eigenvalue weighted by Crippen LogP contribution is -1.96. The van der Waals surface area contributed by atoms with Gasteiger partial charge >= 0.3 is 0 Å².